The quantitative estimate of drug-likeness (QED) is 0.628. The number of nitrogens with one attached hydrogen (secondary N) is 2. The van der Waals surface area contributed by atoms with E-state index in [2.05, 4.69) is 21.8 Å². The van der Waals surface area contributed by atoms with Crippen molar-refractivity contribution in [3.05, 3.63) is 28.9 Å². The molecule has 2 N–H and O–H groups in total. The maximum atomic E-state index is 13.9. The zero-order valence-electron chi connectivity index (χ0n) is 19.9. The van der Waals surface area contributed by atoms with Crippen molar-refractivity contribution in [2.24, 2.45) is 5.92 Å². The van der Waals surface area contributed by atoms with Crippen LogP contribution >= 0.6 is 11.6 Å². The van der Waals surface area contributed by atoms with E-state index in [4.69, 9.17) is 11.6 Å². The minimum Gasteiger partial charge on any atom is -0.343 e. The molecule has 1 aromatic carbocycles. The van der Waals surface area contributed by atoms with E-state index in [1.165, 1.54) is 6.42 Å². The van der Waals surface area contributed by atoms with Gasteiger partial charge in [0.1, 0.15) is 12.1 Å². The molecule has 34 heavy (non-hydrogen) atoms. The Balaban J connectivity index is 1.57. The molecule has 2 aliphatic rings. The van der Waals surface area contributed by atoms with Crippen molar-refractivity contribution in [3.8, 4) is 6.07 Å². The lowest BCUT2D eigenvalue weighted by molar-refractivity contribution is -0.139. The first-order valence-electron chi connectivity index (χ1n) is 12.3. The van der Waals surface area contributed by atoms with Crippen LogP contribution in [0.15, 0.2) is 18.2 Å². The fourth-order valence-corrected chi connectivity index (χ4v) is 5.50. The van der Waals surface area contributed by atoms with Crippen LogP contribution in [0.3, 0.4) is 0 Å². The highest BCUT2D eigenvalue weighted by Crippen LogP contribution is 2.30. The fourth-order valence-electron chi connectivity index (χ4n) is 5.33. The Morgan fingerprint density at radius 1 is 1.24 bits per heavy atom. The summed E-state index contributed by atoms with van der Waals surface area (Å²) >= 11 is 6.14. The van der Waals surface area contributed by atoms with Crippen LogP contribution in [0.5, 0.6) is 0 Å². The Labute approximate surface area is 205 Å². The molecular weight excluding hydrogens is 452 g/mol. The number of fused-ring (bicyclic) bond motifs is 1. The van der Waals surface area contributed by atoms with Crippen LogP contribution in [-0.2, 0) is 16.1 Å². The van der Waals surface area contributed by atoms with Gasteiger partial charge in [0.2, 0.25) is 11.8 Å². The van der Waals surface area contributed by atoms with E-state index < -0.39 is 6.04 Å². The Bertz CT molecular complexity index is 1090. The maximum absolute atomic E-state index is 13.9. The molecule has 0 bridgehead atoms. The Morgan fingerprint density at radius 3 is 2.71 bits per heavy atom. The maximum Gasteiger partial charge on any atom is 0.245 e. The molecule has 1 aromatic heterocycles. The number of rotatable bonds is 7. The first-order valence-corrected chi connectivity index (χ1v) is 12.6. The SMILES string of the molecule is CNC(C)C(=O)NC(C(=O)N1CCCC1Cn1nc(C#N)c2cc(Cl)ccc21)C1CCCCC1. The highest BCUT2D eigenvalue weighted by atomic mass is 35.5. The van der Waals surface area contributed by atoms with E-state index in [-0.39, 0.29) is 29.8 Å². The van der Waals surface area contributed by atoms with Gasteiger partial charge in [0.25, 0.3) is 0 Å². The number of nitriles is 1. The molecule has 3 unspecified atom stereocenters. The lowest BCUT2D eigenvalue weighted by Crippen LogP contribution is -2.56. The lowest BCUT2D eigenvalue weighted by atomic mass is 9.83. The zero-order valence-corrected chi connectivity index (χ0v) is 20.6. The number of likely N-dealkylation sites (N-methyl/N-ethyl adjacent to an activating group) is 1. The second kappa shape index (κ2) is 10.7. The summed E-state index contributed by atoms with van der Waals surface area (Å²) in [6, 6.07) is 6.66. The number of hydrogen-bond acceptors (Lipinski definition) is 5. The Morgan fingerprint density at radius 2 is 2.00 bits per heavy atom. The third-order valence-electron chi connectivity index (χ3n) is 7.37. The van der Waals surface area contributed by atoms with Crippen LogP contribution in [0.25, 0.3) is 10.9 Å². The summed E-state index contributed by atoms with van der Waals surface area (Å²) in [7, 11) is 1.75. The van der Waals surface area contributed by atoms with Gasteiger partial charge in [-0.25, -0.2) is 0 Å². The largest absolute Gasteiger partial charge is 0.343 e. The van der Waals surface area contributed by atoms with Gasteiger partial charge in [-0.2, -0.15) is 10.4 Å². The summed E-state index contributed by atoms with van der Waals surface area (Å²) < 4.78 is 1.82. The van der Waals surface area contributed by atoms with Gasteiger partial charge in [-0.05, 0) is 63.8 Å². The lowest BCUT2D eigenvalue weighted by Gasteiger charge is -2.35. The number of halogens is 1. The van der Waals surface area contributed by atoms with Gasteiger partial charge in [0, 0.05) is 17.0 Å². The Kier molecular flexibility index (Phi) is 7.74. The molecule has 2 heterocycles. The number of likely N-dealkylation sites (tertiary alicyclic amines) is 1. The van der Waals surface area contributed by atoms with Crippen LogP contribution in [0, 0.1) is 17.2 Å². The minimum absolute atomic E-state index is 0.00562. The number of carbonyl (C=O) groups excluding carboxylic acids is 2. The van der Waals surface area contributed by atoms with Gasteiger partial charge < -0.3 is 15.5 Å². The molecule has 1 saturated carbocycles. The van der Waals surface area contributed by atoms with Crippen molar-refractivity contribution in [2.45, 2.75) is 76.5 Å². The van der Waals surface area contributed by atoms with Gasteiger partial charge in [-0.15, -0.1) is 0 Å². The van der Waals surface area contributed by atoms with E-state index in [0.717, 1.165) is 49.4 Å². The molecule has 4 rings (SSSR count). The van der Waals surface area contributed by atoms with Crippen LogP contribution in [0.2, 0.25) is 5.02 Å². The summed E-state index contributed by atoms with van der Waals surface area (Å²) in [5.74, 6) is 0.0234. The van der Waals surface area contributed by atoms with E-state index in [0.29, 0.717) is 23.8 Å². The van der Waals surface area contributed by atoms with E-state index in [1.807, 2.05) is 15.6 Å². The highest BCUT2D eigenvalue weighted by molar-refractivity contribution is 6.31. The molecule has 0 spiro atoms. The molecule has 1 aliphatic carbocycles. The molecule has 0 radical (unpaired) electrons. The summed E-state index contributed by atoms with van der Waals surface area (Å²) in [5, 5.41) is 21.4. The molecule has 3 atom stereocenters. The standard InChI is InChI=1S/C25H33ClN6O2/c1-16(28-2)24(33)29-23(17-7-4-3-5-8-17)25(34)31-12-6-9-19(31)15-32-22-11-10-18(26)13-20(22)21(14-27)30-32/h10-11,13,16-17,19,23,28H,3-9,12,15H2,1-2H3,(H,29,33). The number of carbonyl (C=O) groups is 2. The number of hydrogen-bond donors (Lipinski definition) is 2. The molecule has 2 fully saturated rings. The summed E-state index contributed by atoms with van der Waals surface area (Å²) in [6.07, 6.45) is 7.05. The van der Waals surface area contributed by atoms with Crippen molar-refractivity contribution in [2.75, 3.05) is 13.6 Å². The second-order valence-electron chi connectivity index (χ2n) is 9.53. The summed E-state index contributed by atoms with van der Waals surface area (Å²) in [5.41, 5.74) is 1.17. The topological polar surface area (TPSA) is 103 Å². The molecule has 9 heteroatoms. The monoisotopic (exact) mass is 484 g/mol. The van der Waals surface area contributed by atoms with Crippen molar-refractivity contribution in [1.82, 2.24) is 25.3 Å². The third kappa shape index (κ3) is 5.06. The Hall–Kier alpha value is -2.63. The smallest absolute Gasteiger partial charge is 0.245 e. The molecule has 182 valence electrons. The van der Waals surface area contributed by atoms with E-state index in [9.17, 15) is 14.9 Å². The predicted octanol–water partition coefficient (Wildman–Crippen LogP) is 3.23. The van der Waals surface area contributed by atoms with Crippen LogP contribution in [-0.4, -0.2) is 58.2 Å². The van der Waals surface area contributed by atoms with Crippen LogP contribution in [0.1, 0.15) is 57.6 Å². The molecular formula is C25H33ClN6O2. The number of aromatic nitrogens is 2. The zero-order chi connectivity index (χ0) is 24.2. The first kappa shape index (κ1) is 24.5. The van der Waals surface area contributed by atoms with E-state index >= 15 is 0 Å². The van der Waals surface area contributed by atoms with Crippen LogP contribution < -0.4 is 10.6 Å². The molecule has 1 saturated heterocycles. The van der Waals surface area contributed by atoms with Crippen molar-refractivity contribution in [3.63, 3.8) is 0 Å². The predicted molar refractivity (Wildman–Crippen MR) is 131 cm³/mol. The number of benzene rings is 1. The van der Waals surface area contributed by atoms with Gasteiger partial charge in [-0.1, -0.05) is 30.9 Å². The average molecular weight is 485 g/mol. The molecule has 2 amide bonds. The van der Waals surface area contributed by atoms with Gasteiger partial charge in [0.05, 0.1) is 24.1 Å². The normalized spacial score (nSPS) is 20.8. The molecule has 2 aromatic rings. The summed E-state index contributed by atoms with van der Waals surface area (Å²) in [4.78, 5) is 28.5. The highest BCUT2D eigenvalue weighted by Gasteiger charge is 2.39. The van der Waals surface area contributed by atoms with Gasteiger partial charge >= 0.3 is 0 Å². The van der Waals surface area contributed by atoms with Crippen molar-refractivity contribution in [1.29, 1.82) is 5.26 Å². The van der Waals surface area contributed by atoms with Crippen molar-refractivity contribution < 1.29 is 9.59 Å². The second-order valence-corrected chi connectivity index (χ2v) is 9.96. The fraction of sp³-hybridized carbons (Fsp3) is 0.600. The minimum atomic E-state index is -0.507. The number of amides is 2. The number of nitrogens with zero attached hydrogens (tertiary/aromatic N) is 4. The van der Waals surface area contributed by atoms with Gasteiger partial charge in [0.15, 0.2) is 5.69 Å². The first-order chi connectivity index (χ1) is 16.4. The van der Waals surface area contributed by atoms with Crippen molar-refractivity contribution >= 4 is 34.3 Å². The van der Waals surface area contributed by atoms with E-state index in [1.54, 1.807) is 26.1 Å². The van der Waals surface area contributed by atoms with Crippen LogP contribution in [0.4, 0.5) is 0 Å². The summed E-state index contributed by atoms with van der Waals surface area (Å²) in [6.45, 7) is 2.97. The average Bonchev–Trinajstić information content (AvgIpc) is 3.46. The molecule has 8 nitrogen and oxygen atoms in total. The third-order valence-corrected chi connectivity index (χ3v) is 7.61. The molecule has 1 aliphatic heterocycles. The van der Waals surface area contributed by atoms with Gasteiger partial charge in [-0.3, -0.25) is 14.3 Å².